The summed E-state index contributed by atoms with van der Waals surface area (Å²) < 4.78 is 0. The van der Waals surface area contributed by atoms with Gasteiger partial charge in [0.2, 0.25) is 0 Å². The summed E-state index contributed by atoms with van der Waals surface area (Å²) in [5.74, 6) is 0. The molecule has 0 aromatic carbocycles. The largest absolute Gasteiger partial charge is 0.395 e. The Morgan fingerprint density at radius 1 is 1.47 bits per heavy atom. The van der Waals surface area contributed by atoms with Crippen molar-refractivity contribution in [1.82, 2.24) is 10.3 Å². The van der Waals surface area contributed by atoms with Gasteiger partial charge in [-0.05, 0) is 25.7 Å². The summed E-state index contributed by atoms with van der Waals surface area (Å²) in [4.78, 5) is 5.49. The lowest BCUT2D eigenvalue weighted by molar-refractivity contribution is 0.191. The first-order chi connectivity index (χ1) is 7.81. The number of hydrogen-bond donors (Lipinski definition) is 2. The number of hydrogen-bond acceptors (Lipinski definition) is 4. The Labute approximate surface area is 108 Å². The van der Waals surface area contributed by atoms with E-state index in [0.29, 0.717) is 0 Å². The first kappa shape index (κ1) is 14.6. The average molecular weight is 256 g/mol. The third-order valence-corrected chi connectivity index (χ3v) is 3.73. The predicted octanol–water partition coefficient (Wildman–Crippen LogP) is 2.90. The number of aromatic nitrogens is 1. The maximum absolute atomic E-state index is 9.42. The Balaban J connectivity index is 2.56. The van der Waals surface area contributed by atoms with Crippen LogP contribution in [0.1, 0.15) is 50.0 Å². The minimum atomic E-state index is 0.146. The molecule has 0 spiro atoms. The van der Waals surface area contributed by atoms with Crippen LogP contribution in [-0.2, 0) is 0 Å². The maximum atomic E-state index is 9.42. The van der Waals surface area contributed by atoms with E-state index in [-0.39, 0.29) is 24.1 Å². The van der Waals surface area contributed by atoms with Crippen LogP contribution in [0.15, 0.2) is 6.20 Å². The molecule has 17 heavy (non-hydrogen) atoms. The normalized spacial score (nSPS) is 15.9. The number of aryl methyl sites for hydroxylation is 1. The van der Waals surface area contributed by atoms with E-state index in [9.17, 15) is 5.11 Å². The highest BCUT2D eigenvalue weighted by Crippen LogP contribution is 2.24. The lowest BCUT2D eigenvalue weighted by Crippen LogP contribution is -2.37. The van der Waals surface area contributed by atoms with E-state index in [1.54, 1.807) is 11.3 Å². The quantitative estimate of drug-likeness (QED) is 0.851. The van der Waals surface area contributed by atoms with Gasteiger partial charge in [0.1, 0.15) is 0 Å². The molecular weight excluding hydrogens is 232 g/mol. The van der Waals surface area contributed by atoms with Gasteiger partial charge in [0.05, 0.1) is 11.6 Å². The summed E-state index contributed by atoms with van der Waals surface area (Å²) in [5, 5.41) is 14.0. The van der Waals surface area contributed by atoms with Crippen LogP contribution in [0.25, 0.3) is 0 Å². The van der Waals surface area contributed by atoms with Crippen molar-refractivity contribution in [2.75, 3.05) is 6.61 Å². The Hall–Kier alpha value is -0.450. The molecule has 2 N–H and O–H groups in total. The molecule has 2 atom stereocenters. The second-order valence-electron chi connectivity index (χ2n) is 5.81. The Morgan fingerprint density at radius 3 is 2.53 bits per heavy atom. The summed E-state index contributed by atoms with van der Waals surface area (Å²) in [6.45, 7) is 10.9. The Kier molecular flexibility index (Phi) is 5.10. The van der Waals surface area contributed by atoms with Crippen LogP contribution in [0.3, 0.4) is 0 Å². The molecule has 0 aliphatic rings. The van der Waals surface area contributed by atoms with Crippen molar-refractivity contribution in [2.45, 2.75) is 53.1 Å². The van der Waals surface area contributed by atoms with Gasteiger partial charge >= 0.3 is 0 Å². The van der Waals surface area contributed by atoms with Crippen LogP contribution in [0.4, 0.5) is 0 Å². The third-order valence-electron chi connectivity index (χ3n) is 2.63. The SMILES string of the molecule is Cc1ncc(C(C)NC(CO)CC(C)(C)C)s1. The van der Waals surface area contributed by atoms with Crippen molar-refractivity contribution < 1.29 is 5.11 Å². The smallest absolute Gasteiger partial charge is 0.0897 e. The van der Waals surface area contributed by atoms with E-state index in [0.717, 1.165) is 11.4 Å². The molecule has 0 amide bonds. The lowest BCUT2D eigenvalue weighted by atomic mass is 9.88. The van der Waals surface area contributed by atoms with Crippen LogP contribution >= 0.6 is 11.3 Å². The lowest BCUT2D eigenvalue weighted by Gasteiger charge is -2.27. The van der Waals surface area contributed by atoms with E-state index in [1.807, 2.05) is 13.1 Å². The van der Waals surface area contributed by atoms with Crippen LogP contribution in [0.2, 0.25) is 0 Å². The zero-order valence-electron chi connectivity index (χ0n) is 11.4. The van der Waals surface area contributed by atoms with Crippen LogP contribution < -0.4 is 5.32 Å². The molecule has 1 aromatic rings. The van der Waals surface area contributed by atoms with Gasteiger partial charge in [-0.3, -0.25) is 0 Å². The molecule has 1 aromatic heterocycles. The van der Waals surface area contributed by atoms with Crippen LogP contribution in [-0.4, -0.2) is 22.7 Å². The highest BCUT2D eigenvalue weighted by molar-refractivity contribution is 7.11. The van der Waals surface area contributed by atoms with Crippen LogP contribution in [0.5, 0.6) is 0 Å². The summed E-state index contributed by atoms with van der Waals surface area (Å²) in [7, 11) is 0. The number of nitrogens with one attached hydrogen (secondary N) is 1. The molecule has 0 radical (unpaired) electrons. The average Bonchev–Trinajstić information content (AvgIpc) is 2.61. The molecule has 1 heterocycles. The summed E-state index contributed by atoms with van der Waals surface area (Å²) >= 11 is 1.71. The number of aliphatic hydroxyl groups excluding tert-OH is 1. The third kappa shape index (κ3) is 5.15. The van der Waals surface area contributed by atoms with E-state index in [4.69, 9.17) is 0 Å². The molecule has 0 aliphatic heterocycles. The molecule has 4 heteroatoms. The predicted molar refractivity (Wildman–Crippen MR) is 73.3 cm³/mol. The molecule has 0 bridgehead atoms. The monoisotopic (exact) mass is 256 g/mol. The molecule has 98 valence electrons. The van der Waals surface area contributed by atoms with Gasteiger partial charge in [0.15, 0.2) is 0 Å². The number of aliphatic hydroxyl groups is 1. The first-order valence-corrected chi connectivity index (χ1v) is 6.92. The van der Waals surface area contributed by atoms with Gasteiger partial charge in [-0.1, -0.05) is 20.8 Å². The molecule has 0 saturated heterocycles. The van der Waals surface area contributed by atoms with E-state index in [2.05, 4.69) is 38.0 Å². The highest BCUT2D eigenvalue weighted by Gasteiger charge is 2.20. The maximum Gasteiger partial charge on any atom is 0.0897 e. The summed E-state index contributed by atoms with van der Waals surface area (Å²) in [6, 6.07) is 0.396. The molecule has 0 fully saturated rings. The van der Waals surface area contributed by atoms with Gasteiger partial charge in [-0.25, -0.2) is 4.98 Å². The van der Waals surface area contributed by atoms with Gasteiger partial charge < -0.3 is 10.4 Å². The van der Waals surface area contributed by atoms with E-state index < -0.39 is 0 Å². The van der Waals surface area contributed by atoms with Gasteiger partial charge in [-0.2, -0.15) is 0 Å². The molecule has 3 nitrogen and oxygen atoms in total. The minimum Gasteiger partial charge on any atom is -0.395 e. The Bertz CT molecular complexity index is 343. The van der Waals surface area contributed by atoms with Gasteiger partial charge in [0, 0.05) is 23.2 Å². The first-order valence-electron chi connectivity index (χ1n) is 6.11. The molecule has 2 unspecified atom stereocenters. The van der Waals surface area contributed by atoms with Crippen molar-refractivity contribution in [2.24, 2.45) is 5.41 Å². The fraction of sp³-hybridized carbons (Fsp3) is 0.769. The summed E-state index contributed by atoms with van der Waals surface area (Å²) in [5.41, 5.74) is 0.226. The second kappa shape index (κ2) is 5.94. The zero-order valence-corrected chi connectivity index (χ0v) is 12.3. The number of thiazole rings is 1. The molecule has 0 aliphatic carbocycles. The minimum absolute atomic E-state index is 0.146. The Morgan fingerprint density at radius 2 is 2.12 bits per heavy atom. The van der Waals surface area contributed by atoms with Gasteiger partial charge in [-0.15, -0.1) is 11.3 Å². The topological polar surface area (TPSA) is 45.2 Å². The molecule has 1 rings (SSSR count). The number of rotatable bonds is 5. The van der Waals surface area contributed by atoms with Crippen LogP contribution in [0, 0.1) is 12.3 Å². The van der Waals surface area contributed by atoms with E-state index >= 15 is 0 Å². The second-order valence-corrected chi connectivity index (χ2v) is 7.08. The van der Waals surface area contributed by atoms with Crippen molar-refractivity contribution in [3.63, 3.8) is 0 Å². The molecule has 0 saturated carbocycles. The van der Waals surface area contributed by atoms with Gasteiger partial charge in [0.25, 0.3) is 0 Å². The van der Waals surface area contributed by atoms with E-state index in [1.165, 1.54) is 4.88 Å². The van der Waals surface area contributed by atoms with Crippen molar-refractivity contribution in [1.29, 1.82) is 0 Å². The van der Waals surface area contributed by atoms with Crippen molar-refractivity contribution >= 4 is 11.3 Å². The highest BCUT2D eigenvalue weighted by atomic mass is 32.1. The molecular formula is C13H24N2OS. The van der Waals surface area contributed by atoms with Crippen molar-refractivity contribution in [3.8, 4) is 0 Å². The fourth-order valence-electron chi connectivity index (χ4n) is 1.93. The van der Waals surface area contributed by atoms with Crippen molar-refractivity contribution in [3.05, 3.63) is 16.1 Å². The summed E-state index contributed by atoms with van der Waals surface area (Å²) in [6.07, 6.45) is 2.88. The number of nitrogens with zero attached hydrogens (tertiary/aromatic N) is 1. The zero-order chi connectivity index (χ0) is 13.1. The standard InChI is InChI=1S/C13H24N2OS/c1-9(12-7-14-10(2)17-12)15-11(8-16)6-13(3,4)5/h7,9,11,15-16H,6,8H2,1-5H3. The fourth-order valence-corrected chi connectivity index (χ4v) is 2.73.